The number of oxime groups is 1. The maximum atomic E-state index is 12.9. The number of nitrogens with zero attached hydrogens (tertiary/aromatic N) is 2. The first-order valence-corrected chi connectivity index (χ1v) is 11.1. The first kappa shape index (κ1) is 25.6. The third-order valence-corrected chi connectivity index (χ3v) is 6.31. The molecule has 35 heavy (non-hydrogen) atoms. The van der Waals surface area contributed by atoms with Gasteiger partial charge in [0.1, 0.15) is 30.3 Å². The molecule has 1 aromatic rings. The van der Waals surface area contributed by atoms with Gasteiger partial charge in [-0.15, -0.1) is 11.8 Å². The van der Waals surface area contributed by atoms with Crippen molar-refractivity contribution in [3.05, 3.63) is 35.4 Å². The summed E-state index contributed by atoms with van der Waals surface area (Å²) in [7, 11) is 1.23. The Balaban J connectivity index is 1.87. The molecule has 3 heterocycles. The summed E-state index contributed by atoms with van der Waals surface area (Å²) < 4.78 is 15.3. The Morgan fingerprint density at radius 1 is 1.34 bits per heavy atom. The number of rotatable bonds is 9. The topological polar surface area (TPSA) is 200 Å². The summed E-state index contributed by atoms with van der Waals surface area (Å²) in [6, 6.07) is 1.93. The highest BCUT2D eigenvalue weighted by Gasteiger charge is 2.55. The number of amides is 3. The largest absolute Gasteiger partial charge is 0.477 e. The second-order valence-electron chi connectivity index (χ2n) is 7.31. The molecule has 14 nitrogen and oxygen atoms in total. The summed E-state index contributed by atoms with van der Waals surface area (Å²) in [6.45, 7) is 2.52. The van der Waals surface area contributed by atoms with Crippen LogP contribution in [0.5, 0.6) is 0 Å². The van der Waals surface area contributed by atoms with Crippen LogP contribution in [-0.4, -0.2) is 82.1 Å². The standard InChI is InChI=1S/C20H22N4O10S/c1-8(33-9(2)25)15(34-20(21)30)10-7-35-18-13(17(27)24(18)14(10)19(28)29)22-16(26)12(23-31-3)11-5-4-6-32-11/h4-6,8,13,15,18H,7H2,1-3H3,(H2,21,30)(H,22,26)(H,28,29)/t8?,13-,15?,18+/m1/s1. The maximum Gasteiger partial charge on any atom is 0.405 e. The molecule has 3 amide bonds. The number of ether oxygens (including phenoxy) is 2. The Morgan fingerprint density at radius 3 is 2.60 bits per heavy atom. The fraction of sp³-hybridized carbons (Fsp3) is 0.400. The van der Waals surface area contributed by atoms with Gasteiger partial charge in [0.15, 0.2) is 11.9 Å². The minimum Gasteiger partial charge on any atom is -0.477 e. The van der Waals surface area contributed by atoms with E-state index in [1.165, 1.54) is 32.4 Å². The third kappa shape index (κ3) is 5.24. The first-order chi connectivity index (χ1) is 16.6. The normalized spacial score (nSPS) is 21.3. The van der Waals surface area contributed by atoms with Crippen LogP contribution in [0, 0.1) is 0 Å². The Morgan fingerprint density at radius 2 is 2.06 bits per heavy atom. The number of furan rings is 1. The van der Waals surface area contributed by atoms with Crippen LogP contribution in [0.1, 0.15) is 19.6 Å². The maximum absolute atomic E-state index is 12.9. The average Bonchev–Trinajstić information content (AvgIpc) is 3.32. The van der Waals surface area contributed by atoms with Gasteiger partial charge < -0.3 is 34.9 Å². The molecule has 2 aliphatic heterocycles. The van der Waals surface area contributed by atoms with Crippen molar-refractivity contribution in [2.24, 2.45) is 10.9 Å². The van der Waals surface area contributed by atoms with E-state index in [1.54, 1.807) is 0 Å². The lowest BCUT2D eigenvalue weighted by Crippen LogP contribution is -2.71. The molecule has 188 valence electrons. The number of carboxylic acids is 1. The fourth-order valence-corrected chi connectivity index (χ4v) is 5.06. The number of carboxylic acid groups (broad SMARTS) is 1. The number of β-lactam (4-membered cyclic amide) rings is 1. The summed E-state index contributed by atoms with van der Waals surface area (Å²) in [5.41, 5.74) is 4.47. The number of hydrogen-bond acceptors (Lipinski definition) is 11. The second-order valence-corrected chi connectivity index (χ2v) is 8.42. The van der Waals surface area contributed by atoms with E-state index in [2.05, 4.69) is 15.3 Å². The van der Waals surface area contributed by atoms with Crippen LogP contribution in [0.2, 0.25) is 0 Å². The highest BCUT2D eigenvalue weighted by molar-refractivity contribution is 8.00. The van der Waals surface area contributed by atoms with Crippen LogP contribution < -0.4 is 11.1 Å². The zero-order chi connectivity index (χ0) is 25.9. The van der Waals surface area contributed by atoms with E-state index < -0.39 is 59.2 Å². The lowest BCUT2D eigenvalue weighted by atomic mass is 9.98. The number of fused-ring (bicyclic) bond motifs is 1. The third-order valence-electron chi connectivity index (χ3n) is 5.00. The summed E-state index contributed by atoms with van der Waals surface area (Å²) in [4.78, 5) is 66.3. The molecule has 15 heteroatoms. The van der Waals surface area contributed by atoms with Crippen molar-refractivity contribution in [1.82, 2.24) is 10.2 Å². The molecule has 0 spiro atoms. The van der Waals surface area contributed by atoms with Gasteiger partial charge in [-0.3, -0.25) is 19.3 Å². The Hall–Kier alpha value is -4.01. The van der Waals surface area contributed by atoms with E-state index in [0.29, 0.717) is 0 Å². The predicted molar refractivity (Wildman–Crippen MR) is 118 cm³/mol. The van der Waals surface area contributed by atoms with Gasteiger partial charge in [-0.05, 0) is 19.1 Å². The zero-order valence-corrected chi connectivity index (χ0v) is 19.6. The van der Waals surface area contributed by atoms with Crippen LogP contribution in [0.25, 0.3) is 0 Å². The highest BCUT2D eigenvalue weighted by Crippen LogP contribution is 2.42. The summed E-state index contributed by atoms with van der Waals surface area (Å²) in [5, 5.41) is 15.2. The Kier molecular flexibility index (Phi) is 7.68. The van der Waals surface area contributed by atoms with Crippen molar-refractivity contribution in [2.75, 3.05) is 12.9 Å². The molecule has 4 atom stereocenters. The molecular formula is C20H22N4O10S. The number of thioether (sulfide) groups is 1. The van der Waals surface area contributed by atoms with Crippen molar-refractivity contribution >= 4 is 47.3 Å². The smallest absolute Gasteiger partial charge is 0.405 e. The Labute approximate surface area is 202 Å². The van der Waals surface area contributed by atoms with Gasteiger partial charge in [0.05, 0.1) is 6.26 Å². The van der Waals surface area contributed by atoms with Gasteiger partial charge in [0.25, 0.3) is 11.8 Å². The van der Waals surface area contributed by atoms with Gasteiger partial charge in [-0.1, -0.05) is 5.16 Å². The van der Waals surface area contributed by atoms with Crippen LogP contribution in [0.4, 0.5) is 4.79 Å². The van der Waals surface area contributed by atoms with Crippen LogP contribution in [0.15, 0.2) is 39.2 Å². The number of nitrogens with two attached hydrogens (primary N) is 1. The van der Waals surface area contributed by atoms with Crippen molar-refractivity contribution in [3.63, 3.8) is 0 Å². The number of primary amides is 1. The number of esters is 1. The van der Waals surface area contributed by atoms with E-state index >= 15 is 0 Å². The fourth-order valence-electron chi connectivity index (χ4n) is 3.67. The summed E-state index contributed by atoms with van der Waals surface area (Å²) in [5.74, 6) is -3.59. The van der Waals surface area contributed by atoms with Crippen LogP contribution >= 0.6 is 11.8 Å². The zero-order valence-electron chi connectivity index (χ0n) is 18.8. The molecule has 1 aromatic heterocycles. The van der Waals surface area contributed by atoms with Crippen molar-refractivity contribution < 1.29 is 47.8 Å². The lowest BCUT2D eigenvalue weighted by molar-refractivity contribution is -0.151. The molecule has 1 saturated heterocycles. The number of nitrogens with one attached hydrogen (secondary N) is 1. The highest BCUT2D eigenvalue weighted by atomic mass is 32.2. The molecule has 0 bridgehead atoms. The number of aliphatic carboxylic acids is 1. The molecule has 0 radical (unpaired) electrons. The Bertz CT molecular complexity index is 1100. The van der Waals surface area contributed by atoms with Crippen molar-refractivity contribution in [2.45, 2.75) is 37.5 Å². The molecule has 2 aliphatic rings. The molecule has 0 aliphatic carbocycles. The van der Waals surface area contributed by atoms with E-state index in [9.17, 15) is 29.1 Å². The van der Waals surface area contributed by atoms with E-state index in [0.717, 1.165) is 23.6 Å². The molecule has 3 rings (SSSR count). The molecular weight excluding hydrogens is 488 g/mol. The van der Waals surface area contributed by atoms with Gasteiger partial charge in [0.2, 0.25) is 5.71 Å². The SMILES string of the molecule is CON=C(C(=O)N[C@@H]1C(=O)N2C(C(=O)O)=C(C(OC(N)=O)C(C)OC(C)=O)CS[C@@H]12)c1ccco1. The number of hydrogen-bond donors (Lipinski definition) is 3. The molecule has 2 unspecified atom stereocenters. The first-order valence-electron chi connectivity index (χ1n) is 10.1. The van der Waals surface area contributed by atoms with Gasteiger partial charge in [-0.2, -0.15) is 0 Å². The number of carbonyl (C=O) groups is 5. The summed E-state index contributed by atoms with van der Waals surface area (Å²) in [6.07, 6.45) is -2.33. The molecule has 0 aromatic carbocycles. The molecule has 0 saturated carbocycles. The molecule has 1 fully saturated rings. The lowest BCUT2D eigenvalue weighted by Gasteiger charge is -2.50. The van der Waals surface area contributed by atoms with E-state index in [-0.39, 0.29) is 22.8 Å². The van der Waals surface area contributed by atoms with Gasteiger partial charge >= 0.3 is 18.0 Å². The second kappa shape index (κ2) is 10.5. The molecule has 4 N–H and O–H groups in total. The van der Waals surface area contributed by atoms with E-state index in [1.807, 2.05) is 0 Å². The van der Waals surface area contributed by atoms with E-state index in [4.69, 9.17) is 19.6 Å². The number of carbonyl (C=O) groups excluding carboxylic acids is 4. The summed E-state index contributed by atoms with van der Waals surface area (Å²) >= 11 is 1.11. The minimum absolute atomic E-state index is 0.0154. The van der Waals surface area contributed by atoms with Crippen molar-refractivity contribution in [1.29, 1.82) is 0 Å². The monoisotopic (exact) mass is 510 g/mol. The minimum atomic E-state index is -1.48. The van der Waals surface area contributed by atoms with Crippen LogP contribution in [0.3, 0.4) is 0 Å². The van der Waals surface area contributed by atoms with Crippen LogP contribution in [-0.2, 0) is 33.5 Å². The van der Waals surface area contributed by atoms with Crippen molar-refractivity contribution in [3.8, 4) is 0 Å². The average molecular weight is 510 g/mol. The van der Waals surface area contributed by atoms with Gasteiger partial charge in [0, 0.05) is 18.2 Å². The quantitative estimate of drug-likeness (QED) is 0.172. The van der Waals surface area contributed by atoms with Gasteiger partial charge in [-0.25, -0.2) is 9.59 Å². The predicted octanol–water partition coefficient (Wildman–Crippen LogP) is -0.216.